The molecule has 0 bridgehead atoms. The quantitative estimate of drug-likeness (QED) is 0.369. The van der Waals surface area contributed by atoms with E-state index in [2.05, 4.69) is 10.6 Å². The van der Waals surface area contributed by atoms with E-state index in [1.807, 2.05) is 6.92 Å². The zero-order chi connectivity index (χ0) is 29.6. The van der Waals surface area contributed by atoms with Crippen molar-refractivity contribution in [1.29, 1.82) is 0 Å². The first kappa shape index (κ1) is 30.5. The van der Waals surface area contributed by atoms with Gasteiger partial charge in [-0.25, -0.2) is 8.42 Å². The summed E-state index contributed by atoms with van der Waals surface area (Å²) < 4.78 is 28.2. The number of benzene rings is 3. The molecule has 1 aliphatic rings. The summed E-state index contributed by atoms with van der Waals surface area (Å²) in [5.41, 5.74) is 0.229. The van der Waals surface area contributed by atoms with Crippen LogP contribution in [0.4, 0.5) is 5.69 Å². The van der Waals surface area contributed by atoms with Crippen molar-refractivity contribution in [3.63, 3.8) is 0 Å². The van der Waals surface area contributed by atoms with Gasteiger partial charge in [0.2, 0.25) is 5.91 Å². The minimum absolute atomic E-state index is 0.00184. The number of hydrogen-bond acceptors (Lipinski definition) is 6. The van der Waals surface area contributed by atoms with Crippen molar-refractivity contribution >= 4 is 56.6 Å². The minimum Gasteiger partial charge on any atom is -0.343 e. The normalized spacial score (nSPS) is 13.8. The van der Waals surface area contributed by atoms with Gasteiger partial charge in [0.25, 0.3) is 21.8 Å². The molecule has 1 saturated heterocycles. The third-order valence-electron chi connectivity index (χ3n) is 6.80. The van der Waals surface area contributed by atoms with Crippen molar-refractivity contribution in [2.24, 2.45) is 0 Å². The molecule has 0 atom stereocenters. The summed E-state index contributed by atoms with van der Waals surface area (Å²) in [7, 11) is -4.43. The van der Waals surface area contributed by atoms with Crippen molar-refractivity contribution in [2.75, 3.05) is 30.5 Å². The third kappa shape index (κ3) is 7.08. The molecule has 0 aliphatic carbocycles. The van der Waals surface area contributed by atoms with Crippen LogP contribution in [0.1, 0.15) is 40.5 Å². The maximum atomic E-state index is 13.8. The average molecular weight is 618 g/mol. The van der Waals surface area contributed by atoms with E-state index in [4.69, 9.17) is 23.2 Å². The van der Waals surface area contributed by atoms with Gasteiger partial charge in [-0.2, -0.15) is 4.31 Å². The zero-order valence-corrected chi connectivity index (χ0v) is 24.7. The molecule has 0 radical (unpaired) electrons. The molecule has 0 aromatic heterocycles. The lowest BCUT2D eigenvalue weighted by Crippen LogP contribution is -2.49. The van der Waals surface area contributed by atoms with Gasteiger partial charge in [0, 0.05) is 23.2 Å². The maximum absolute atomic E-state index is 13.8. The smallest absolute Gasteiger partial charge is 0.273 e. The number of halogens is 2. The Morgan fingerprint density at radius 3 is 2.22 bits per heavy atom. The molecule has 3 aromatic rings. The van der Waals surface area contributed by atoms with Gasteiger partial charge >= 0.3 is 0 Å². The van der Waals surface area contributed by atoms with Gasteiger partial charge in [-0.15, -0.1) is 0 Å². The number of amides is 3. The van der Waals surface area contributed by atoms with Gasteiger partial charge in [0.15, 0.2) is 0 Å². The second kappa shape index (κ2) is 13.5. The van der Waals surface area contributed by atoms with Crippen molar-refractivity contribution in [1.82, 2.24) is 15.5 Å². The molecule has 0 saturated carbocycles. The fourth-order valence-electron chi connectivity index (χ4n) is 4.70. The van der Waals surface area contributed by atoms with Crippen LogP contribution in [0.15, 0.2) is 77.7 Å². The Morgan fingerprint density at radius 1 is 0.951 bits per heavy atom. The minimum atomic E-state index is -4.43. The van der Waals surface area contributed by atoms with Crippen LogP contribution in [0.2, 0.25) is 10.0 Å². The number of sulfonamides is 1. The van der Waals surface area contributed by atoms with Crippen LogP contribution < -0.4 is 14.9 Å². The van der Waals surface area contributed by atoms with Gasteiger partial charge in [-0.1, -0.05) is 41.4 Å². The van der Waals surface area contributed by atoms with Crippen molar-refractivity contribution in [2.45, 2.75) is 30.7 Å². The van der Waals surface area contributed by atoms with Gasteiger partial charge < -0.3 is 15.5 Å². The van der Waals surface area contributed by atoms with Gasteiger partial charge in [-0.3, -0.25) is 14.4 Å². The van der Waals surface area contributed by atoms with E-state index >= 15 is 0 Å². The average Bonchev–Trinajstić information content (AvgIpc) is 2.97. The third-order valence-corrected chi connectivity index (χ3v) is 9.08. The van der Waals surface area contributed by atoms with Crippen LogP contribution in [0.3, 0.4) is 0 Å². The second-order valence-electron chi connectivity index (χ2n) is 9.40. The molecule has 216 valence electrons. The molecule has 9 nitrogen and oxygen atoms in total. The molecule has 3 aromatic carbocycles. The Morgan fingerprint density at radius 2 is 1.61 bits per heavy atom. The van der Waals surface area contributed by atoms with E-state index in [9.17, 15) is 22.8 Å². The summed E-state index contributed by atoms with van der Waals surface area (Å²) >= 11 is 12.2. The monoisotopic (exact) mass is 616 g/mol. The Kier molecular flexibility index (Phi) is 10.0. The van der Waals surface area contributed by atoms with Crippen LogP contribution in [0, 0.1) is 0 Å². The largest absolute Gasteiger partial charge is 0.343 e. The number of para-hydroxylation sites is 1. The van der Waals surface area contributed by atoms with Crippen LogP contribution in [0.5, 0.6) is 0 Å². The van der Waals surface area contributed by atoms with E-state index < -0.39 is 21.8 Å². The highest BCUT2D eigenvalue weighted by molar-refractivity contribution is 7.93. The van der Waals surface area contributed by atoms with E-state index in [0.29, 0.717) is 15.9 Å². The first-order valence-corrected chi connectivity index (χ1v) is 15.3. The highest BCUT2D eigenvalue weighted by atomic mass is 35.5. The summed E-state index contributed by atoms with van der Waals surface area (Å²) in [6, 6.07) is 17.3. The molecule has 41 heavy (non-hydrogen) atoms. The van der Waals surface area contributed by atoms with Crippen LogP contribution in [0.25, 0.3) is 0 Å². The topological polar surface area (TPSA) is 116 Å². The summed E-state index contributed by atoms with van der Waals surface area (Å²) in [4.78, 5) is 40.7. The lowest BCUT2D eigenvalue weighted by atomic mass is 10.0. The Labute approximate surface area is 249 Å². The fraction of sp³-hybridized carbons (Fsp3) is 0.276. The second-order valence-corrected chi connectivity index (χ2v) is 12.0. The van der Waals surface area contributed by atoms with E-state index in [-0.39, 0.29) is 45.2 Å². The molecule has 3 amide bonds. The number of rotatable bonds is 9. The number of hydrogen-bond donors (Lipinski definition) is 2. The van der Waals surface area contributed by atoms with E-state index in [1.165, 1.54) is 54.6 Å². The van der Waals surface area contributed by atoms with Crippen LogP contribution >= 0.6 is 23.2 Å². The number of carbonyl (C=O) groups excluding carboxylic acids is 3. The highest BCUT2D eigenvalue weighted by Gasteiger charge is 2.33. The number of nitrogens with zero attached hydrogens (tertiary/aromatic N) is 2. The van der Waals surface area contributed by atoms with Gasteiger partial charge in [0.1, 0.15) is 0 Å². The first-order valence-electron chi connectivity index (χ1n) is 13.1. The Bertz CT molecular complexity index is 1510. The predicted octanol–water partition coefficient (Wildman–Crippen LogP) is 4.36. The summed E-state index contributed by atoms with van der Waals surface area (Å²) in [6.45, 7) is 3.97. The van der Waals surface area contributed by atoms with Crippen LogP contribution in [-0.4, -0.2) is 63.3 Å². The van der Waals surface area contributed by atoms with Crippen LogP contribution in [-0.2, 0) is 14.8 Å². The predicted molar refractivity (Wildman–Crippen MR) is 159 cm³/mol. The molecular weight excluding hydrogens is 587 g/mol. The molecule has 1 fully saturated rings. The van der Waals surface area contributed by atoms with E-state index in [1.54, 1.807) is 23.1 Å². The van der Waals surface area contributed by atoms with Gasteiger partial charge in [0.05, 0.1) is 27.7 Å². The molecule has 1 heterocycles. The standard InChI is InChI=1S/C29H30Cl2N4O5S/c1-2-34(22-14-16-32-17-15-22)27(36)19-33-28(37)20-8-11-24(12-9-20)41(39,40)35(23-6-4-3-5-7-23)29(38)25-13-10-21(30)18-26(25)31/h3-13,18,22,32H,2,14-17,19H2,1H3,(H,33,37). The summed E-state index contributed by atoms with van der Waals surface area (Å²) in [6.07, 6.45) is 1.71. The molecule has 0 spiro atoms. The molecule has 12 heteroatoms. The molecule has 2 N–H and O–H groups in total. The van der Waals surface area contributed by atoms with Crippen molar-refractivity contribution in [3.05, 3.63) is 94.0 Å². The lowest BCUT2D eigenvalue weighted by Gasteiger charge is -2.34. The number of nitrogens with one attached hydrogen (secondary N) is 2. The molecule has 4 rings (SSSR count). The number of carbonyl (C=O) groups is 3. The molecular formula is C29H30Cl2N4O5S. The number of piperidine rings is 1. The SMILES string of the molecule is CCN(C(=O)CNC(=O)c1ccc(S(=O)(=O)N(C(=O)c2ccc(Cl)cc2Cl)c2ccccc2)cc1)C1CCNCC1. The molecule has 0 unspecified atom stereocenters. The summed E-state index contributed by atoms with van der Waals surface area (Å²) in [5.74, 6) is -1.56. The molecule has 1 aliphatic heterocycles. The maximum Gasteiger partial charge on any atom is 0.273 e. The Hall–Kier alpha value is -3.44. The van der Waals surface area contributed by atoms with E-state index in [0.717, 1.165) is 25.9 Å². The van der Waals surface area contributed by atoms with Gasteiger partial charge in [-0.05, 0) is 87.5 Å². The fourth-order valence-corrected chi connectivity index (χ4v) is 6.60. The Balaban J connectivity index is 1.53. The first-order chi connectivity index (χ1) is 19.6. The van der Waals surface area contributed by atoms with Crippen molar-refractivity contribution in [3.8, 4) is 0 Å². The number of anilines is 1. The number of likely N-dealkylation sites (N-methyl/N-ethyl adjacent to an activating group) is 1. The van der Waals surface area contributed by atoms with Crippen molar-refractivity contribution < 1.29 is 22.8 Å². The zero-order valence-electron chi connectivity index (χ0n) is 22.3. The highest BCUT2D eigenvalue weighted by Crippen LogP contribution is 2.29. The lowest BCUT2D eigenvalue weighted by molar-refractivity contribution is -0.132. The summed E-state index contributed by atoms with van der Waals surface area (Å²) in [5, 5.41) is 6.19.